The van der Waals surface area contributed by atoms with Gasteiger partial charge in [-0.25, -0.2) is 4.39 Å². The Morgan fingerprint density at radius 1 is 0.857 bits per heavy atom. The Balaban J connectivity index is 1.86. The van der Waals surface area contributed by atoms with Crippen molar-refractivity contribution in [2.24, 2.45) is 0 Å². The molecule has 2 amide bonds. The maximum Gasteiger partial charge on any atom is 0.243 e. The smallest absolute Gasteiger partial charge is 0.243 e. The average molecular weight is 493 g/mol. The van der Waals surface area contributed by atoms with Gasteiger partial charge in [-0.2, -0.15) is 0 Å². The number of carbonyl (C=O) groups excluding carboxylic acids is 2. The Morgan fingerprint density at radius 3 is 2.00 bits per heavy atom. The van der Waals surface area contributed by atoms with E-state index in [0.29, 0.717) is 12.2 Å². The van der Waals surface area contributed by atoms with Crippen LogP contribution in [0.1, 0.15) is 37.5 Å². The highest BCUT2D eigenvalue weighted by molar-refractivity contribution is 7.99. The van der Waals surface area contributed by atoms with Crippen LogP contribution in [0.4, 0.5) is 4.39 Å². The van der Waals surface area contributed by atoms with E-state index in [1.807, 2.05) is 81.4 Å². The summed E-state index contributed by atoms with van der Waals surface area (Å²) < 4.78 is 13.5. The van der Waals surface area contributed by atoms with Gasteiger partial charge in [0.05, 0.1) is 5.75 Å². The molecule has 4 nitrogen and oxygen atoms in total. The third kappa shape index (κ3) is 8.87. The van der Waals surface area contributed by atoms with Gasteiger partial charge >= 0.3 is 0 Å². The summed E-state index contributed by atoms with van der Waals surface area (Å²) in [5.74, 6) is 0.278. The number of hydrogen-bond donors (Lipinski definition) is 1. The molecule has 0 unspecified atom stereocenters. The van der Waals surface area contributed by atoms with Gasteiger partial charge in [-0.15, -0.1) is 11.8 Å². The van der Waals surface area contributed by atoms with E-state index in [0.717, 1.165) is 16.7 Å². The van der Waals surface area contributed by atoms with Crippen LogP contribution in [0.2, 0.25) is 0 Å². The summed E-state index contributed by atoms with van der Waals surface area (Å²) in [4.78, 5) is 28.7. The zero-order valence-electron chi connectivity index (χ0n) is 20.5. The fourth-order valence-corrected chi connectivity index (χ4v) is 4.58. The number of halogens is 1. The minimum absolute atomic E-state index is 0.125. The molecule has 3 aromatic rings. The molecule has 184 valence electrons. The van der Waals surface area contributed by atoms with Crippen molar-refractivity contribution in [3.05, 3.63) is 107 Å². The molecule has 3 rings (SSSR count). The second-order valence-electron chi connectivity index (χ2n) is 9.57. The highest BCUT2D eigenvalue weighted by Crippen LogP contribution is 2.19. The quantitative estimate of drug-likeness (QED) is 0.400. The molecule has 0 aliphatic heterocycles. The number of rotatable bonds is 10. The van der Waals surface area contributed by atoms with Gasteiger partial charge < -0.3 is 10.2 Å². The van der Waals surface area contributed by atoms with E-state index in [4.69, 9.17) is 0 Å². The molecule has 1 atom stereocenters. The summed E-state index contributed by atoms with van der Waals surface area (Å²) in [6.45, 7) is 5.99. The first-order valence-corrected chi connectivity index (χ1v) is 12.9. The molecular weight excluding hydrogens is 459 g/mol. The molecule has 0 spiro atoms. The maximum absolute atomic E-state index is 13.6. The van der Waals surface area contributed by atoms with Crippen LogP contribution in [0.5, 0.6) is 0 Å². The zero-order valence-corrected chi connectivity index (χ0v) is 21.4. The SMILES string of the molecule is CC(C)(C)NC(=O)[C@@H](Cc1ccccc1)N(Cc1ccc(F)cc1)C(=O)CSCc1ccccc1. The zero-order chi connectivity index (χ0) is 25.3. The van der Waals surface area contributed by atoms with E-state index in [1.54, 1.807) is 17.0 Å². The van der Waals surface area contributed by atoms with Crippen molar-refractivity contribution in [3.63, 3.8) is 0 Å². The molecule has 35 heavy (non-hydrogen) atoms. The summed E-state index contributed by atoms with van der Waals surface area (Å²) in [6, 6.07) is 25.1. The van der Waals surface area contributed by atoms with Crippen molar-refractivity contribution in [1.82, 2.24) is 10.2 Å². The van der Waals surface area contributed by atoms with Gasteiger partial charge in [-0.1, -0.05) is 72.8 Å². The van der Waals surface area contributed by atoms with Gasteiger partial charge in [0.2, 0.25) is 11.8 Å². The number of carbonyl (C=O) groups is 2. The van der Waals surface area contributed by atoms with Crippen LogP contribution < -0.4 is 5.32 Å². The van der Waals surface area contributed by atoms with E-state index in [9.17, 15) is 14.0 Å². The highest BCUT2D eigenvalue weighted by atomic mass is 32.2. The van der Waals surface area contributed by atoms with Gasteiger partial charge in [-0.3, -0.25) is 9.59 Å². The van der Waals surface area contributed by atoms with E-state index < -0.39 is 11.6 Å². The van der Waals surface area contributed by atoms with Gasteiger partial charge in [0.15, 0.2) is 0 Å². The summed E-state index contributed by atoms with van der Waals surface area (Å²) in [5.41, 5.74) is 2.44. The Hall–Kier alpha value is -3.12. The third-order valence-corrected chi connectivity index (χ3v) is 6.36. The molecule has 0 aromatic heterocycles. The van der Waals surface area contributed by atoms with Gasteiger partial charge in [-0.05, 0) is 49.6 Å². The number of hydrogen-bond acceptors (Lipinski definition) is 3. The van der Waals surface area contributed by atoms with Gasteiger partial charge in [0, 0.05) is 24.3 Å². The Labute approximate surface area is 211 Å². The van der Waals surface area contributed by atoms with Crippen molar-refractivity contribution in [2.75, 3.05) is 5.75 Å². The number of amides is 2. The van der Waals surface area contributed by atoms with Crippen LogP contribution in [0.3, 0.4) is 0 Å². The first-order valence-electron chi connectivity index (χ1n) is 11.7. The molecule has 0 radical (unpaired) electrons. The predicted octanol–water partition coefficient (Wildman–Crippen LogP) is 5.61. The summed E-state index contributed by atoms with van der Waals surface area (Å²) in [5, 5.41) is 3.05. The highest BCUT2D eigenvalue weighted by Gasteiger charge is 2.32. The minimum Gasteiger partial charge on any atom is -0.350 e. The fraction of sp³-hybridized carbons (Fsp3) is 0.310. The molecule has 0 fully saturated rings. The van der Waals surface area contributed by atoms with Crippen LogP contribution in [0, 0.1) is 5.82 Å². The van der Waals surface area contributed by atoms with Crippen LogP contribution >= 0.6 is 11.8 Å². The second-order valence-corrected chi connectivity index (χ2v) is 10.6. The number of thioether (sulfide) groups is 1. The fourth-order valence-electron chi connectivity index (χ4n) is 3.71. The van der Waals surface area contributed by atoms with E-state index >= 15 is 0 Å². The van der Waals surface area contributed by atoms with E-state index in [-0.39, 0.29) is 29.9 Å². The lowest BCUT2D eigenvalue weighted by Gasteiger charge is -2.34. The lowest BCUT2D eigenvalue weighted by Crippen LogP contribution is -2.54. The molecule has 0 heterocycles. The number of benzene rings is 3. The Kier molecular flexibility index (Phi) is 9.49. The normalized spacial score (nSPS) is 12.1. The molecule has 1 N–H and O–H groups in total. The Bertz CT molecular complexity index is 1080. The molecule has 3 aromatic carbocycles. The monoisotopic (exact) mass is 492 g/mol. The topological polar surface area (TPSA) is 49.4 Å². The Morgan fingerprint density at radius 2 is 1.43 bits per heavy atom. The molecule has 0 bridgehead atoms. The summed E-state index contributed by atoms with van der Waals surface area (Å²) in [7, 11) is 0. The average Bonchev–Trinajstić information content (AvgIpc) is 2.82. The van der Waals surface area contributed by atoms with Crippen molar-refractivity contribution in [1.29, 1.82) is 0 Å². The maximum atomic E-state index is 13.6. The van der Waals surface area contributed by atoms with Crippen molar-refractivity contribution >= 4 is 23.6 Å². The van der Waals surface area contributed by atoms with Crippen LogP contribution in [-0.2, 0) is 28.3 Å². The molecule has 0 saturated carbocycles. The summed E-state index contributed by atoms with van der Waals surface area (Å²) in [6.07, 6.45) is 0.388. The molecule has 0 saturated heterocycles. The molecule has 0 aliphatic carbocycles. The number of nitrogens with one attached hydrogen (secondary N) is 1. The van der Waals surface area contributed by atoms with Gasteiger partial charge in [0.25, 0.3) is 0 Å². The van der Waals surface area contributed by atoms with Crippen LogP contribution in [-0.4, -0.2) is 34.0 Å². The minimum atomic E-state index is -0.702. The second kappa shape index (κ2) is 12.5. The molecule has 6 heteroatoms. The summed E-state index contributed by atoms with van der Waals surface area (Å²) >= 11 is 1.52. The third-order valence-electron chi connectivity index (χ3n) is 5.37. The van der Waals surface area contributed by atoms with Crippen molar-refractivity contribution < 1.29 is 14.0 Å². The van der Waals surface area contributed by atoms with Gasteiger partial charge in [0.1, 0.15) is 11.9 Å². The standard InChI is InChI=1S/C29H33FN2O2S/c1-29(2,3)31-28(34)26(18-22-10-6-4-7-11-22)32(19-23-14-16-25(30)17-15-23)27(33)21-35-20-24-12-8-5-9-13-24/h4-17,26H,18-21H2,1-3H3,(H,31,34)/t26-/m1/s1. The largest absolute Gasteiger partial charge is 0.350 e. The van der Waals surface area contributed by atoms with E-state index in [2.05, 4.69) is 5.32 Å². The number of nitrogens with zero attached hydrogens (tertiary/aromatic N) is 1. The lowest BCUT2D eigenvalue weighted by molar-refractivity contribution is -0.140. The van der Waals surface area contributed by atoms with Crippen molar-refractivity contribution in [3.8, 4) is 0 Å². The van der Waals surface area contributed by atoms with Crippen LogP contribution in [0.15, 0.2) is 84.9 Å². The van der Waals surface area contributed by atoms with E-state index in [1.165, 1.54) is 23.9 Å². The first-order chi connectivity index (χ1) is 16.7. The molecular formula is C29H33FN2O2S. The predicted molar refractivity (Wildman–Crippen MR) is 141 cm³/mol. The molecule has 0 aliphatic rings. The van der Waals surface area contributed by atoms with Crippen LogP contribution in [0.25, 0.3) is 0 Å². The lowest BCUT2D eigenvalue weighted by atomic mass is 10.0. The van der Waals surface area contributed by atoms with Crippen molar-refractivity contribution in [2.45, 2.75) is 51.1 Å². The first kappa shape index (κ1) is 26.5.